The van der Waals surface area contributed by atoms with Gasteiger partial charge in [0.25, 0.3) is 11.6 Å². The molecule has 2 aromatic carbocycles. The molecule has 0 radical (unpaired) electrons. The number of nitrogens with one attached hydrogen (secondary N) is 1. The number of furan rings is 1. The molecule has 0 fully saturated rings. The predicted molar refractivity (Wildman–Crippen MR) is 99.4 cm³/mol. The summed E-state index contributed by atoms with van der Waals surface area (Å²) in [5.74, 6) is -0.968. The van der Waals surface area contributed by atoms with Gasteiger partial charge < -0.3 is 9.73 Å². The van der Waals surface area contributed by atoms with Crippen LogP contribution >= 0.6 is 15.9 Å². The number of halogens is 1. The second-order valence-electron chi connectivity index (χ2n) is 5.34. The minimum absolute atomic E-state index is 0.0192. The third-order valence-electron chi connectivity index (χ3n) is 3.51. The molecular formula is C17H11BrN2O6S. The van der Waals surface area contributed by atoms with Crippen LogP contribution in [0.5, 0.6) is 0 Å². The molecule has 138 valence electrons. The molecule has 1 heterocycles. The normalized spacial score (nSPS) is 11.1. The Morgan fingerprint density at radius 3 is 2.44 bits per heavy atom. The largest absolute Gasteiger partial charge is 0.439 e. The van der Waals surface area contributed by atoms with Crippen LogP contribution < -0.4 is 5.32 Å². The van der Waals surface area contributed by atoms with Crippen molar-refractivity contribution in [3.63, 3.8) is 0 Å². The Bertz CT molecular complexity index is 1120. The molecule has 1 aromatic heterocycles. The molecule has 0 saturated carbocycles. The number of nitro benzene ring substituents is 1. The first-order chi connectivity index (χ1) is 12.8. The summed E-state index contributed by atoms with van der Waals surface area (Å²) in [5.41, 5.74) is -0.00586. The Morgan fingerprint density at radius 2 is 1.78 bits per heavy atom. The first kappa shape index (κ1) is 18.8. The van der Waals surface area contributed by atoms with Gasteiger partial charge in [-0.25, -0.2) is 8.42 Å². The van der Waals surface area contributed by atoms with Gasteiger partial charge in [-0.3, -0.25) is 14.9 Å². The summed E-state index contributed by atoms with van der Waals surface area (Å²) in [4.78, 5) is 22.5. The van der Waals surface area contributed by atoms with Crippen LogP contribution in [-0.4, -0.2) is 19.2 Å². The minimum atomic E-state index is -3.92. The highest BCUT2D eigenvalue weighted by Gasteiger charge is 2.23. The van der Waals surface area contributed by atoms with Crippen LogP contribution in [0.3, 0.4) is 0 Å². The van der Waals surface area contributed by atoms with E-state index in [2.05, 4.69) is 21.2 Å². The van der Waals surface area contributed by atoms with Crippen molar-refractivity contribution in [3.8, 4) is 0 Å². The second kappa shape index (κ2) is 7.33. The molecule has 10 heteroatoms. The monoisotopic (exact) mass is 450 g/mol. The average Bonchev–Trinajstić information content (AvgIpc) is 3.13. The Morgan fingerprint density at radius 1 is 1.07 bits per heavy atom. The molecule has 8 nitrogen and oxygen atoms in total. The predicted octanol–water partition coefficient (Wildman–Crippen LogP) is 4.04. The van der Waals surface area contributed by atoms with Crippen molar-refractivity contribution in [2.75, 3.05) is 5.32 Å². The molecule has 1 amide bonds. The van der Waals surface area contributed by atoms with Crippen LogP contribution in [0.1, 0.15) is 10.6 Å². The lowest BCUT2D eigenvalue weighted by molar-refractivity contribution is -0.384. The van der Waals surface area contributed by atoms with E-state index in [9.17, 15) is 23.3 Å². The average molecular weight is 451 g/mol. The van der Waals surface area contributed by atoms with Gasteiger partial charge in [-0.05, 0) is 42.5 Å². The lowest BCUT2D eigenvalue weighted by Gasteiger charge is -2.03. The van der Waals surface area contributed by atoms with E-state index in [4.69, 9.17) is 4.42 Å². The Kier molecular flexibility index (Phi) is 5.10. The number of anilines is 1. The summed E-state index contributed by atoms with van der Waals surface area (Å²) in [6, 6.07) is 13.7. The molecule has 0 aliphatic heterocycles. The first-order valence-electron chi connectivity index (χ1n) is 7.44. The standard InChI is InChI=1S/C17H11BrN2O6S/c18-11-4-6-14(7-5-11)27(24,25)16-9-8-15(26-16)17(21)19-12-2-1-3-13(10-12)20(22)23/h1-10H,(H,19,21). The van der Waals surface area contributed by atoms with Gasteiger partial charge in [-0.2, -0.15) is 0 Å². The number of carbonyl (C=O) groups is 1. The number of nitrogens with zero attached hydrogens (tertiary/aromatic N) is 1. The highest BCUT2D eigenvalue weighted by Crippen LogP contribution is 2.25. The van der Waals surface area contributed by atoms with Crippen molar-refractivity contribution in [1.82, 2.24) is 0 Å². The lowest BCUT2D eigenvalue weighted by atomic mass is 10.2. The summed E-state index contributed by atoms with van der Waals surface area (Å²) in [7, 11) is -3.92. The third-order valence-corrected chi connectivity index (χ3v) is 5.68. The molecule has 3 rings (SSSR count). The molecule has 0 saturated heterocycles. The van der Waals surface area contributed by atoms with Crippen LogP contribution in [0.2, 0.25) is 0 Å². The smallest absolute Gasteiger partial charge is 0.291 e. The number of hydrogen-bond donors (Lipinski definition) is 1. The fourth-order valence-corrected chi connectivity index (χ4v) is 3.64. The zero-order valence-corrected chi connectivity index (χ0v) is 15.9. The summed E-state index contributed by atoms with van der Waals surface area (Å²) < 4.78 is 31.0. The van der Waals surface area contributed by atoms with Gasteiger partial charge in [0.15, 0.2) is 5.76 Å². The number of nitro groups is 1. The van der Waals surface area contributed by atoms with Gasteiger partial charge in [0.2, 0.25) is 14.9 Å². The number of carbonyl (C=O) groups excluding carboxylic acids is 1. The van der Waals surface area contributed by atoms with Crippen molar-refractivity contribution in [1.29, 1.82) is 0 Å². The fourth-order valence-electron chi connectivity index (χ4n) is 2.21. The molecule has 0 bridgehead atoms. The van der Waals surface area contributed by atoms with Crippen molar-refractivity contribution in [3.05, 3.63) is 81.0 Å². The molecule has 27 heavy (non-hydrogen) atoms. The number of rotatable bonds is 5. The SMILES string of the molecule is O=C(Nc1cccc([N+](=O)[O-])c1)c1ccc(S(=O)(=O)c2ccc(Br)cc2)o1. The van der Waals surface area contributed by atoms with Crippen molar-refractivity contribution in [2.24, 2.45) is 0 Å². The van der Waals surface area contributed by atoms with Crippen molar-refractivity contribution in [2.45, 2.75) is 9.99 Å². The summed E-state index contributed by atoms with van der Waals surface area (Å²) >= 11 is 3.22. The molecule has 0 atom stereocenters. The summed E-state index contributed by atoms with van der Waals surface area (Å²) in [6.45, 7) is 0. The summed E-state index contributed by atoms with van der Waals surface area (Å²) in [5, 5.41) is 12.8. The fraction of sp³-hybridized carbons (Fsp3) is 0. The Hall–Kier alpha value is -2.98. The quantitative estimate of drug-likeness (QED) is 0.462. The number of sulfone groups is 1. The molecule has 0 aliphatic carbocycles. The van der Waals surface area contributed by atoms with Crippen LogP contribution in [0.15, 0.2) is 79.5 Å². The maximum atomic E-state index is 12.5. The van der Waals surface area contributed by atoms with Gasteiger partial charge in [-0.15, -0.1) is 0 Å². The van der Waals surface area contributed by atoms with Crippen LogP contribution in [-0.2, 0) is 9.84 Å². The maximum absolute atomic E-state index is 12.5. The van der Waals surface area contributed by atoms with Crippen LogP contribution in [0, 0.1) is 10.1 Å². The van der Waals surface area contributed by atoms with E-state index in [1.54, 1.807) is 12.1 Å². The van der Waals surface area contributed by atoms with E-state index in [0.717, 1.165) is 4.47 Å². The number of hydrogen-bond acceptors (Lipinski definition) is 6. The van der Waals surface area contributed by atoms with E-state index in [0.29, 0.717) is 0 Å². The molecule has 1 N–H and O–H groups in total. The number of amides is 1. The minimum Gasteiger partial charge on any atom is -0.439 e. The number of non-ortho nitro benzene ring substituents is 1. The van der Waals surface area contributed by atoms with Gasteiger partial charge >= 0.3 is 0 Å². The van der Waals surface area contributed by atoms with E-state index in [1.165, 1.54) is 48.5 Å². The molecular weight excluding hydrogens is 440 g/mol. The van der Waals surface area contributed by atoms with Gasteiger partial charge in [-0.1, -0.05) is 22.0 Å². The molecule has 3 aromatic rings. The number of benzene rings is 2. The van der Waals surface area contributed by atoms with E-state index < -0.39 is 20.7 Å². The van der Waals surface area contributed by atoms with E-state index in [-0.39, 0.29) is 27.1 Å². The van der Waals surface area contributed by atoms with E-state index in [1.807, 2.05) is 0 Å². The van der Waals surface area contributed by atoms with E-state index >= 15 is 0 Å². The highest BCUT2D eigenvalue weighted by atomic mass is 79.9. The zero-order chi connectivity index (χ0) is 19.6. The highest BCUT2D eigenvalue weighted by molar-refractivity contribution is 9.10. The topological polar surface area (TPSA) is 120 Å². The second-order valence-corrected chi connectivity index (χ2v) is 8.13. The van der Waals surface area contributed by atoms with Gasteiger partial charge in [0.05, 0.1) is 9.82 Å². The molecule has 0 aliphatic rings. The van der Waals surface area contributed by atoms with Crippen molar-refractivity contribution < 1.29 is 22.6 Å². The Labute approximate surface area is 162 Å². The molecule has 0 unspecified atom stereocenters. The van der Waals surface area contributed by atoms with Crippen LogP contribution in [0.25, 0.3) is 0 Å². The molecule has 0 spiro atoms. The summed E-state index contributed by atoms with van der Waals surface area (Å²) in [6.07, 6.45) is 0. The lowest BCUT2D eigenvalue weighted by Crippen LogP contribution is -2.11. The van der Waals surface area contributed by atoms with Crippen LogP contribution in [0.4, 0.5) is 11.4 Å². The maximum Gasteiger partial charge on any atom is 0.291 e. The third kappa shape index (κ3) is 4.07. The van der Waals surface area contributed by atoms with Gasteiger partial charge in [0.1, 0.15) is 0 Å². The Balaban J connectivity index is 1.83. The van der Waals surface area contributed by atoms with Gasteiger partial charge in [0, 0.05) is 22.3 Å². The zero-order valence-electron chi connectivity index (χ0n) is 13.5. The van der Waals surface area contributed by atoms with Crippen molar-refractivity contribution >= 4 is 43.0 Å². The first-order valence-corrected chi connectivity index (χ1v) is 9.71.